The van der Waals surface area contributed by atoms with Gasteiger partial charge in [-0.2, -0.15) is 0 Å². The third-order valence-electron chi connectivity index (χ3n) is 3.23. The summed E-state index contributed by atoms with van der Waals surface area (Å²) in [6, 6.07) is 9.83. The van der Waals surface area contributed by atoms with Gasteiger partial charge >= 0.3 is 5.97 Å². The highest BCUT2D eigenvalue weighted by molar-refractivity contribution is 9.09. The Morgan fingerprint density at radius 2 is 2.18 bits per heavy atom. The van der Waals surface area contributed by atoms with E-state index >= 15 is 0 Å². The molecule has 1 saturated heterocycles. The van der Waals surface area contributed by atoms with Crippen molar-refractivity contribution >= 4 is 21.9 Å². The maximum absolute atomic E-state index is 12.2. The van der Waals surface area contributed by atoms with E-state index in [0.29, 0.717) is 18.2 Å². The van der Waals surface area contributed by atoms with E-state index in [1.807, 2.05) is 30.3 Å². The molecule has 1 fully saturated rings. The molecule has 90 valence electrons. The smallest absolute Gasteiger partial charge is 0.317 e. The number of halogens is 1. The van der Waals surface area contributed by atoms with E-state index in [-0.39, 0.29) is 12.1 Å². The number of esters is 1. The van der Waals surface area contributed by atoms with E-state index < -0.39 is 5.41 Å². The summed E-state index contributed by atoms with van der Waals surface area (Å²) in [6.07, 6.45) is 3.10. The molecule has 2 unspecified atom stereocenters. The summed E-state index contributed by atoms with van der Waals surface area (Å²) < 4.78 is 5.40. The standard InChI is InChI=1S/C14H15BrO2/c1-2-8-14(11-6-4-3-5-7-11)9-12(10-15)17-13(14)16/h2-7,12H,1,8-10H2. The van der Waals surface area contributed by atoms with Crippen LogP contribution in [0.15, 0.2) is 43.0 Å². The Morgan fingerprint density at radius 3 is 2.71 bits per heavy atom. The molecular weight excluding hydrogens is 280 g/mol. The van der Waals surface area contributed by atoms with Gasteiger partial charge in [-0.25, -0.2) is 0 Å². The van der Waals surface area contributed by atoms with Crippen molar-refractivity contribution in [1.29, 1.82) is 0 Å². The molecule has 2 rings (SSSR count). The van der Waals surface area contributed by atoms with Gasteiger partial charge in [0, 0.05) is 11.8 Å². The van der Waals surface area contributed by atoms with Crippen molar-refractivity contribution in [2.24, 2.45) is 0 Å². The third kappa shape index (κ3) is 2.16. The lowest BCUT2D eigenvalue weighted by molar-refractivity contribution is -0.145. The molecule has 0 bridgehead atoms. The molecule has 0 aromatic heterocycles. The summed E-state index contributed by atoms with van der Waals surface area (Å²) in [6.45, 7) is 3.76. The van der Waals surface area contributed by atoms with E-state index in [9.17, 15) is 4.79 Å². The fraction of sp³-hybridized carbons (Fsp3) is 0.357. The highest BCUT2D eigenvalue weighted by Crippen LogP contribution is 2.41. The molecule has 0 saturated carbocycles. The summed E-state index contributed by atoms with van der Waals surface area (Å²) >= 11 is 3.38. The maximum atomic E-state index is 12.2. The predicted molar refractivity (Wildman–Crippen MR) is 71.2 cm³/mol. The molecule has 0 aliphatic carbocycles. The first-order chi connectivity index (χ1) is 8.23. The lowest BCUT2D eigenvalue weighted by atomic mass is 9.75. The highest BCUT2D eigenvalue weighted by atomic mass is 79.9. The van der Waals surface area contributed by atoms with Crippen LogP contribution in [0.1, 0.15) is 18.4 Å². The van der Waals surface area contributed by atoms with Crippen LogP contribution in [-0.4, -0.2) is 17.4 Å². The van der Waals surface area contributed by atoms with Crippen molar-refractivity contribution in [2.45, 2.75) is 24.4 Å². The second kappa shape index (κ2) is 5.05. The molecule has 0 spiro atoms. The number of hydrogen-bond acceptors (Lipinski definition) is 2. The molecule has 17 heavy (non-hydrogen) atoms. The van der Waals surface area contributed by atoms with Crippen molar-refractivity contribution in [1.82, 2.24) is 0 Å². The molecule has 1 heterocycles. The lowest BCUT2D eigenvalue weighted by Crippen LogP contribution is -2.31. The number of allylic oxidation sites excluding steroid dienone is 1. The minimum atomic E-state index is -0.540. The topological polar surface area (TPSA) is 26.3 Å². The van der Waals surface area contributed by atoms with Gasteiger partial charge in [-0.1, -0.05) is 52.3 Å². The first kappa shape index (κ1) is 12.4. The van der Waals surface area contributed by atoms with Crippen LogP contribution in [0.4, 0.5) is 0 Å². The number of carbonyl (C=O) groups is 1. The van der Waals surface area contributed by atoms with Gasteiger partial charge in [0.2, 0.25) is 0 Å². The lowest BCUT2D eigenvalue weighted by Gasteiger charge is -2.23. The quantitative estimate of drug-likeness (QED) is 0.484. The number of carbonyl (C=O) groups excluding carboxylic acids is 1. The van der Waals surface area contributed by atoms with Crippen molar-refractivity contribution in [3.8, 4) is 0 Å². The zero-order valence-corrected chi connectivity index (χ0v) is 11.2. The van der Waals surface area contributed by atoms with Gasteiger partial charge in [0.25, 0.3) is 0 Å². The van der Waals surface area contributed by atoms with Crippen LogP contribution in [0.5, 0.6) is 0 Å². The minimum absolute atomic E-state index is 0.0392. The predicted octanol–water partition coefficient (Wildman–Crippen LogP) is 3.21. The Bertz CT molecular complexity index is 415. The summed E-state index contributed by atoms with van der Waals surface area (Å²) in [5, 5.41) is 0.685. The third-order valence-corrected chi connectivity index (χ3v) is 3.95. The van der Waals surface area contributed by atoms with Crippen LogP contribution in [0.25, 0.3) is 0 Å². The molecule has 2 nitrogen and oxygen atoms in total. The normalized spacial score (nSPS) is 27.8. The van der Waals surface area contributed by atoms with Crippen molar-refractivity contribution in [2.75, 3.05) is 5.33 Å². The van der Waals surface area contributed by atoms with Gasteiger partial charge < -0.3 is 4.74 Å². The van der Waals surface area contributed by atoms with Crippen molar-refractivity contribution < 1.29 is 9.53 Å². The van der Waals surface area contributed by atoms with Gasteiger partial charge in [0.1, 0.15) is 6.10 Å². The van der Waals surface area contributed by atoms with E-state index in [1.54, 1.807) is 6.08 Å². The molecule has 1 aromatic rings. The van der Waals surface area contributed by atoms with Crippen LogP contribution in [-0.2, 0) is 14.9 Å². The molecule has 1 aliphatic rings. The minimum Gasteiger partial charge on any atom is -0.461 e. The Labute approximate surface area is 110 Å². The van der Waals surface area contributed by atoms with Crippen LogP contribution >= 0.6 is 15.9 Å². The number of alkyl halides is 1. The van der Waals surface area contributed by atoms with Gasteiger partial charge in [-0.15, -0.1) is 6.58 Å². The zero-order chi connectivity index (χ0) is 12.3. The zero-order valence-electron chi connectivity index (χ0n) is 9.56. The molecule has 0 radical (unpaired) electrons. The highest BCUT2D eigenvalue weighted by Gasteiger charge is 2.48. The van der Waals surface area contributed by atoms with E-state index in [1.165, 1.54) is 0 Å². The number of hydrogen-bond donors (Lipinski definition) is 0. The maximum Gasteiger partial charge on any atom is 0.317 e. The summed E-state index contributed by atoms with van der Waals surface area (Å²) in [5.41, 5.74) is 0.481. The fourth-order valence-corrected chi connectivity index (χ4v) is 2.75. The molecular formula is C14H15BrO2. The van der Waals surface area contributed by atoms with Gasteiger partial charge in [-0.3, -0.25) is 4.79 Å². The van der Waals surface area contributed by atoms with E-state index in [2.05, 4.69) is 22.5 Å². The molecule has 2 atom stereocenters. The van der Waals surface area contributed by atoms with Crippen molar-refractivity contribution in [3.63, 3.8) is 0 Å². The molecule has 1 aliphatic heterocycles. The summed E-state index contributed by atoms with van der Waals surface area (Å²) in [4.78, 5) is 12.2. The monoisotopic (exact) mass is 294 g/mol. The molecule has 3 heteroatoms. The average molecular weight is 295 g/mol. The van der Waals surface area contributed by atoms with E-state index in [4.69, 9.17) is 4.74 Å². The Morgan fingerprint density at radius 1 is 1.47 bits per heavy atom. The average Bonchev–Trinajstić information content (AvgIpc) is 2.69. The van der Waals surface area contributed by atoms with E-state index in [0.717, 1.165) is 5.56 Å². The van der Waals surface area contributed by atoms with Crippen LogP contribution in [0, 0.1) is 0 Å². The van der Waals surface area contributed by atoms with Crippen molar-refractivity contribution in [3.05, 3.63) is 48.6 Å². The first-order valence-electron chi connectivity index (χ1n) is 5.66. The van der Waals surface area contributed by atoms with Gasteiger partial charge in [-0.05, 0) is 12.0 Å². The van der Waals surface area contributed by atoms with Crippen LogP contribution in [0.2, 0.25) is 0 Å². The molecule has 1 aromatic carbocycles. The number of benzene rings is 1. The number of rotatable bonds is 4. The second-order valence-electron chi connectivity index (χ2n) is 4.33. The Balaban J connectivity index is 2.40. The molecule has 0 amide bonds. The molecule has 0 N–H and O–H groups in total. The Kier molecular flexibility index (Phi) is 3.67. The van der Waals surface area contributed by atoms with Gasteiger partial charge in [0.15, 0.2) is 0 Å². The Hall–Kier alpha value is -1.09. The van der Waals surface area contributed by atoms with Crippen LogP contribution in [0.3, 0.4) is 0 Å². The first-order valence-corrected chi connectivity index (χ1v) is 6.78. The fourth-order valence-electron chi connectivity index (χ4n) is 2.39. The van der Waals surface area contributed by atoms with Gasteiger partial charge in [0.05, 0.1) is 5.41 Å². The number of ether oxygens (including phenoxy) is 1. The summed E-state index contributed by atoms with van der Waals surface area (Å²) in [5.74, 6) is -0.131. The summed E-state index contributed by atoms with van der Waals surface area (Å²) in [7, 11) is 0. The second-order valence-corrected chi connectivity index (χ2v) is 4.97. The number of cyclic esters (lactones) is 1. The largest absolute Gasteiger partial charge is 0.461 e. The van der Waals surface area contributed by atoms with Crippen LogP contribution < -0.4 is 0 Å². The SMILES string of the molecule is C=CCC1(c2ccccc2)CC(CBr)OC1=O.